The van der Waals surface area contributed by atoms with E-state index in [0.29, 0.717) is 12.2 Å². The number of methoxy groups -OCH3 is 2. The Morgan fingerprint density at radius 3 is 2.20 bits per heavy atom. The fraction of sp³-hybridized carbons (Fsp3) is 0.562. The molecule has 9 heteroatoms. The monoisotopic (exact) mass is 377 g/mol. The molecule has 0 aromatic heterocycles. The summed E-state index contributed by atoms with van der Waals surface area (Å²) < 4.78 is 35.4. The van der Waals surface area contributed by atoms with Crippen LogP contribution in [-0.2, 0) is 14.6 Å². The van der Waals surface area contributed by atoms with E-state index in [2.05, 4.69) is 5.90 Å². The van der Waals surface area contributed by atoms with Crippen LogP contribution in [0.15, 0.2) is 23.1 Å². The van der Waals surface area contributed by atoms with Crippen molar-refractivity contribution in [2.75, 3.05) is 14.2 Å². The standard InChI is InChI=1S/C16H24O6S.H3NO/c1-4-5-6-7-8-15(16(17)18)23(19,20)12-9-10-13(21-2)14(11-12)22-3;1-2/h9-11,15H,4-8H2,1-3H3,(H,17,18);2H,1H2. The molecule has 4 N–H and O–H groups in total. The van der Waals surface area contributed by atoms with Crippen molar-refractivity contribution >= 4 is 15.8 Å². The third-order valence-corrected chi connectivity index (χ3v) is 5.75. The molecule has 1 aromatic rings. The number of rotatable bonds is 10. The quantitative estimate of drug-likeness (QED) is 0.417. The van der Waals surface area contributed by atoms with E-state index in [4.69, 9.17) is 14.7 Å². The highest BCUT2D eigenvalue weighted by molar-refractivity contribution is 7.92. The number of carbonyl (C=O) groups is 1. The lowest BCUT2D eigenvalue weighted by Gasteiger charge is -2.15. The topological polar surface area (TPSA) is 136 Å². The van der Waals surface area contributed by atoms with Crippen LogP contribution in [0.3, 0.4) is 0 Å². The van der Waals surface area contributed by atoms with Gasteiger partial charge in [0.1, 0.15) is 0 Å². The average molecular weight is 377 g/mol. The van der Waals surface area contributed by atoms with E-state index in [0.717, 1.165) is 19.3 Å². The maximum atomic E-state index is 12.6. The Morgan fingerprint density at radius 2 is 1.72 bits per heavy atom. The maximum absolute atomic E-state index is 12.6. The molecule has 0 bridgehead atoms. The lowest BCUT2D eigenvalue weighted by Crippen LogP contribution is -2.30. The fourth-order valence-corrected chi connectivity index (χ4v) is 3.93. The van der Waals surface area contributed by atoms with E-state index in [-0.39, 0.29) is 17.1 Å². The molecule has 8 nitrogen and oxygen atoms in total. The lowest BCUT2D eigenvalue weighted by molar-refractivity contribution is -0.136. The van der Waals surface area contributed by atoms with Crippen molar-refractivity contribution in [1.82, 2.24) is 0 Å². The van der Waals surface area contributed by atoms with Crippen molar-refractivity contribution in [3.05, 3.63) is 18.2 Å². The van der Waals surface area contributed by atoms with Crippen LogP contribution in [0.2, 0.25) is 0 Å². The van der Waals surface area contributed by atoms with Gasteiger partial charge < -0.3 is 19.8 Å². The Balaban J connectivity index is 0.00000277. The van der Waals surface area contributed by atoms with Gasteiger partial charge in [0.2, 0.25) is 0 Å². The summed E-state index contributed by atoms with van der Waals surface area (Å²) in [4.78, 5) is 11.4. The van der Waals surface area contributed by atoms with Gasteiger partial charge in [0.05, 0.1) is 19.1 Å². The van der Waals surface area contributed by atoms with Crippen LogP contribution in [0, 0.1) is 0 Å². The zero-order chi connectivity index (χ0) is 19.5. The van der Waals surface area contributed by atoms with E-state index in [1.165, 1.54) is 32.4 Å². The first-order chi connectivity index (χ1) is 11.9. The minimum atomic E-state index is -3.98. The Kier molecular flexibility index (Phi) is 10.8. The first kappa shape index (κ1) is 23.2. The number of sulfone groups is 1. The molecule has 1 atom stereocenters. The fourth-order valence-electron chi connectivity index (χ4n) is 2.33. The molecule has 0 radical (unpaired) electrons. The van der Waals surface area contributed by atoms with Crippen LogP contribution >= 0.6 is 0 Å². The Bertz CT molecular complexity index is 631. The van der Waals surface area contributed by atoms with Crippen LogP contribution in [0.1, 0.15) is 39.0 Å². The molecule has 144 valence electrons. The number of aliphatic carboxylic acids is 1. The van der Waals surface area contributed by atoms with Crippen molar-refractivity contribution in [3.63, 3.8) is 0 Å². The molecule has 0 aliphatic carbocycles. The molecule has 0 saturated carbocycles. The summed E-state index contributed by atoms with van der Waals surface area (Å²) in [6.45, 7) is 2.04. The molecule has 1 aromatic carbocycles. The summed E-state index contributed by atoms with van der Waals surface area (Å²) in [6.07, 6.45) is 3.45. The number of carboxylic acid groups (broad SMARTS) is 1. The number of benzene rings is 1. The van der Waals surface area contributed by atoms with Gasteiger partial charge in [-0.05, 0) is 18.6 Å². The van der Waals surface area contributed by atoms with Gasteiger partial charge in [-0.25, -0.2) is 14.3 Å². The van der Waals surface area contributed by atoms with Gasteiger partial charge in [-0.3, -0.25) is 4.79 Å². The van der Waals surface area contributed by atoms with Crippen LogP contribution in [0.4, 0.5) is 0 Å². The second kappa shape index (κ2) is 11.7. The highest BCUT2D eigenvalue weighted by atomic mass is 32.2. The SMILES string of the molecule is CCCCCCC(C(=O)O)S(=O)(=O)c1ccc(OC)c(OC)c1.NO. The van der Waals surface area contributed by atoms with Gasteiger partial charge in [-0.2, -0.15) is 0 Å². The molecule has 0 heterocycles. The predicted molar refractivity (Wildman–Crippen MR) is 92.9 cm³/mol. The van der Waals surface area contributed by atoms with Gasteiger partial charge >= 0.3 is 5.97 Å². The Morgan fingerprint density at radius 1 is 1.12 bits per heavy atom. The minimum Gasteiger partial charge on any atom is -0.493 e. The van der Waals surface area contributed by atoms with Crippen molar-refractivity contribution in [2.24, 2.45) is 5.90 Å². The number of nitrogens with two attached hydrogens (primary N) is 1. The van der Waals surface area contributed by atoms with E-state index < -0.39 is 21.1 Å². The first-order valence-corrected chi connectivity index (χ1v) is 9.37. The number of ether oxygens (including phenoxy) is 2. The van der Waals surface area contributed by atoms with Crippen LogP contribution in [-0.4, -0.2) is 44.2 Å². The second-order valence-corrected chi connectivity index (χ2v) is 7.37. The van der Waals surface area contributed by atoms with Crippen molar-refractivity contribution in [1.29, 1.82) is 0 Å². The predicted octanol–water partition coefficient (Wildman–Crippen LogP) is 2.24. The van der Waals surface area contributed by atoms with Gasteiger partial charge in [-0.15, -0.1) is 0 Å². The third kappa shape index (κ3) is 6.52. The normalized spacial score (nSPS) is 11.9. The van der Waals surface area contributed by atoms with Crippen LogP contribution in [0.5, 0.6) is 11.5 Å². The summed E-state index contributed by atoms with van der Waals surface area (Å²) in [5.41, 5.74) is 0. The van der Waals surface area contributed by atoms with Crippen LogP contribution in [0.25, 0.3) is 0 Å². The Hall–Kier alpha value is -1.84. The lowest BCUT2D eigenvalue weighted by atomic mass is 10.1. The number of hydrogen-bond acceptors (Lipinski definition) is 7. The molecular formula is C16H27NO7S. The summed E-state index contributed by atoms with van der Waals surface area (Å²) in [5.74, 6) is 2.82. The maximum Gasteiger partial charge on any atom is 0.322 e. The third-order valence-electron chi connectivity index (χ3n) is 3.65. The Labute approximate surface area is 148 Å². The average Bonchev–Trinajstić information content (AvgIpc) is 2.62. The molecule has 0 saturated heterocycles. The molecule has 0 amide bonds. The van der Waals surface area contributed by atoms with Crippen LogP contribution < -0.4 is 15.4 Å². The van der Waals surface area contributed by atoms with E-state index >= 15 is 0 Å². The summed E-state index contributed by atoms with van der Waals surface area (Å²) in [6, 6.07) is 4.11. The highest BCUT2D eigenvalue weighted by Crippen LogP contribution is 2.31. The van der Waals surface area contributed by atoms with Gasteiger partial charge in [0.25, 0.3) is 0 Å². The largest absolute Gasteiger partial charge is 0.493 e. The molecule has 0 aliphatic heterocycles. The summed E-state index contributed by atoms with van der Waals surface area (Å²) in [5, 5.41) is 14.4. The van der Waals surface area contributed by atoms with E-state index in [9.17, 15) is 18.3 Å². The molecule has 0 spiro atoms. The van der Waals surface area contributed by atoms with Gasteiger partial charge in [0.15, 0.2) is 26.6 Å². The van der Waals surface area contributed by atoms with Crippen molar-refractivity contribution < 1.29 is 33.0 Å². The number of hydrogen-bond donors (Lipinski definition) is 3. The number of carboxylic acids is 1. The molecule has 25 heavy (non-hydrogen) atoms. The van der Waals surface area contributed by atoms with Crippen molar-refractivity contribution in [2.45, 2.75) is 49.2 Å². The zero-order valence-electron chi connectivity index (χ0n) is 14.8. The van der Waals surface area contributed by atoms with Gasteiger partial charge in [0, 0.05) is 6.07 Å². The smallest absolute Gasteiger partial charge is 0.322 e. The summed E-state index contributed by atoms with van der Waals surface area (Å²) >= 11 is 0. The van der Waals surface area contributed by atoms with E-state index in [1.54, 1.807) is 0 Å². The van der Waals surface area contributed by atoms with Gasteiger partial charge in [-0.1, -0.05) is 32.6 Å². The molecular weight excluding hydrogens is 350 g/mol. The molecule has 0 fully saturated rings. The summed E-state index contributed by atoms with van der Waals surface area (Å²) in [7, 11) is -1.14. The highest BCUT2D eigenvalue weighted by Gasteiger charge is 2.34. The van der Waals surface area contributed by atoms with Crippen molar-refractivity contribution in [3.8, 4) is 11.5 Å². The number of unbranched alkanes of at least 4 members (excludes halogenated alkanes) is 3. The molecule has 1 rings (SSSR count). The molecule has 0 aliphatic rings. The zero-order valence-corrected chi connectivity index (χ0v) is 15.6. The van der Waals surface area contributed by atoms with E-state index in [1.807, 2.05) is 6.92 Å². The minimum absolute atomic E-state index is 0.0713. The first-order valence-electron chi connectivity index (χ1n) is 7.83. The molecule has 1 unspecified atom stereocenters. The second-order valence-electron chi connectivity index (χ2n) is 5.24.